The molecule has 0 unspecified atom stereocenters. The first-order chi connectivity index (χ1) is 9.54. The Morgan fingerprint density at radius 1 is 1.10 bits per heavy atom. The van der Waals surface area contributed by atoms with Gasteiger partial charge in [0.2, 0.25) is 0 Å². The number of nitrogens with two attached hydrogens (primary N) is 1. The zero-order chi connectivity index (χ0) is 14.3. The lowest BCUT2D eigenvalue weighted by molar-refractivity contribution is 0.619. The van der Waals surface area contributed by atoms with Crippen LogP contribution in [0.3, 0.4) is 0 Å². The van der Waals surface area contributed by atoms with Crippen LogP contribution in [-0.4, -0.2) is 9.97 Å². The molecular weight excluding hydrogens is 277 g/mol. The molecule has 2 aromatic carbocycles. The number of hydrogen-bond donors (Lipinski definition) is 1. The number of nitrogens with zero attached hydrogens (tertiary/aromatic N) is 2. The molecule has 0 saturated heterocycles. The maximum Gasteiger partial charge on any atom is 0.162 e. The Hall–Kier alpha value is -2.20. The summed E-state index contributed by atoms with van der Waals surface area (Å²) in [5.41, 5.74) is 7.72. The third-order valence-corrected chi connectivity index (χ3v) is 3.35. The second-order valence-corrected chi connectivity index (χ2v) is 4.99. The molecule has 3 aromatic rings. The Morgan fingerprint density at radius 2 is 1.90 bits per heavy atom. The van der Waals surface area contributed by atoms with E-state index < -0.39 is 0 Å². The number of aromatic nitrogens is 2. The van der Waals surface area contributed by atoms with E-state index in [9.17, 15) is 4.39 Å². The van der Waals surface area contributed by atoms with Crippen LogP contribution < -0.4 is 5.73 Å². The minimum Gasteiger partial charge on any atom is -0.383 e. The van der Waals surface area contributed by atoms with Crippen LogP contribution in [0.4, 0.5) is 10.2 Å². The molecule has 100 valence electrons. The molecule has 0 amide bonds. The van der Waals surface area contributed by atoms with Gasteiger partial charge < -0.3 is 5.73 Å². The van der Waals surface area contributed by atoms with E-state index in [1.807, 2.05) is 0 Å². The highest BCUT2D eigenvalue weighted by Gasteiger charge is 2.09. The number of aryl methyl sites for hydroxylation is 1. The smallest absolute Gasteiger partial charge is 0.162 e. The minimum absolute atomic E-state index is 0.295. The lowest BCUT2D eigenvalue weighted by Crippen LogP contribution is -1.98. The van der Waals surface area contributed by atoms with Gasteiger partial charge in [0.05, 0.1) is 5.52 Å². The molecule has 0 saturated carbocycles. The summed E-state index contributed by atoms with van der Waals surface area (Å²) in [6, 6.07) is 10.1. The maximum absolute atomic E-state index is 13.6. The van der Waals surface area contributed by atoms with Crippen LogP contribution in [0.1, 0.15) is 5.56 Å². The quantitative estimate of drug-likeness (QED) is 0.736. The Bertz CT molecular complexity index is 818. The maximum atomic E-state index is 13.6. The van der Waals surface area contributed by atoms with E-state index in [-0.39, 0.29) is 5.82 Å². The molecule has 3 nitrogen and oxygen atoms in total. The molecule has 1 aromatic heterocycles. The number of nitrogen functional groups attached to an aromatic ring is 1. The van der Waals surface area contributed by atoms with Crippen molar-refractivity contribution in [2.24, 2.45) is 0 Å². The molecule has 0 aliphatic rings. The summed E-state index contributed by atoms with van der Waals surface area (Å²) in [5, 5.41) is 1.29. The van der Waals surface area contributed by atoms with Crippen molar-refractivity contribution in [1.82, 2.24) is 9.97 Å². The van der Waals surface area contributed by atoms with Gasteiger partial charge in [-0.25, -0.2) is 14.4 Å². The fourth-order valence-electron chi connectivity index (χ4n) is 1.99. The van der Waals surface area contributed by atoms with E-state index in [1.54, 1.807) is 37.3 Å². The van der Waals surface area contributed by atoms with E-state index in [0.717, 1.165) is 5.39 Å². The molecule has 0 bridgehead atoms. The van der Waals surface area contributed by atoms with Crippen LogP contribution in [0.15, 0.2) is 36.4 Å². The monoisotopic (exact) mass is 287 g/mol. The summed E-state index contributed by atoms with van der Waals surface area (Å²) in [6.07, 6.45) is 0. The van der Waals surface area contributed by atoms with E-state index in [2.05, 4.69) is 9.97 Å². The number of rotatable bonds is 1. The SMILES string of the molecule is Cc1ccc(-c2nc(N)c3ccc(Cl)cc3n2)cc1F. The average molecular weight is 288 g/mol. The van der Waals surface area contributed by atoms with Gasteiger partial charge in [0, 0.05) is 16.0 Å². The molecule has 3 rings (SSSR count). The average Bonchev–Trinajstić information content (AvgIpc) is 2.41. The second kappa shape index (κ2) is 4.72. The molecule has 5 heteroatoms. The fourth-order valence-corrected chi connectivity index (χ4v) is 2.15. The molecule has 0 atom stereocenters. The molecule has 0 radical (unpaired) electrons. The summed E-state index contributed by atoms with van der Waals surface area (Å²) in [7, 11) is 0. The van der Waals surface area contributed by atoms with Gasteiger partial charge in [-0.3, -0.25) is 0 Å². The van der Waals surface area contributed by atoms with Crippen molar-refractivity contribution >= 4 is 28.3 Å². The van der Waals surface area contributed by atoms with Gasteiger partial charge in [0.15, 0.2) is 5.82 Å². The van der Waals surface area contributed by atoms with Crippen LogP contribution in [0.2, 0.25) is 5.02 Å². The summed E-state index contributed by atoms with van der Waals surface area (Å²) in [6.45, 7) is 1.70. The van der Waals surface area contributed by atoms with E-state index in [0.29, 0.717) is 33.3 Å². The Balaban J connectivity index is 2.23. The molecule has 1 heterocycles. The van der Waals surface area contributed by atoms with Crippen LogP contribution >= 0.6 is 11.6 Å². The molecule has 2 N–H and O–H groups in total. The zero-order valence-electron chi connectivity index (χ0n) is 10.7. The van der Waals surface area contributed by atoms with Crippen molar-refractivity contribution < 1.29 is 4.39 Å². The number of fused-ring (bicyclic) bond motifs is 1. The first kappa shape index (κ1) is 12.8. The lowest BCUT2D eigenvalue weighted by Gasteiger charge is -2.06. The number of halogens is 2. The Kier molecular flexibility index (Phi) is 3.03. The highest BCUT2D eigenvalue weighted by atomic mass is 35.5. The summed E-state index contributed by atoms with van der Waals surface area (Å²) in [5.74, 6) is 0.440. The van der Waals surface area contributed by atoms with Crippen molar-refractivity contribution in [3.05, 3.63) is 52.8 Å². The van der Waals surface area contributed by atoms with Gasteiger partial charge >= 0.3 is 0 Å². The number of hydrogen-bond acceptors (Lipinski definition) is 3. The van der Waals surface area contributed by atoms with Crippen LogP contribution in [-0.2, 0) is 0 Å². The molecule has 0 aliphatic heterocycles. The number of anilines is 1. The molecule has 0 spiro atoms. The molecule has 20 heavy (non-hydrogen) atoms. The van der Waals surface area contributed by atoms with Crippen molar-refractivity contribution in [1.29, 1.82) is 0 Å². The van der Waals surface area contributed by atoms with E-state index >= 15 is 0 Å². The third-order valence-electron chi connectivity index (χ3n) is 3.12. The van der Waals surface area contributed by atoms with Gasteiger partial charge in [0.25, 0.3) is 0 Å². The van der Waals surface area contributed by atoms with Gasteiger partial charge in [-0.2, -0.15) is 0 Å². The third kappa shape index (κ3) is 2.18. The summed E-state index contributed by atoms with van der Waals surface area (Å²) in [4.78, 5) is 8.62. The predicted molar refractivity (Wildman–Crippen MR) is 79.1 cm³/mol. The van der Waals surface area contributed by atoms with Crippen molar-refractivity contribution in [2.45, 2.75) is 6.92 Å². The zero-order valence-corrected chi connectivity index (χ0v) is 11.4. The van der Waals surface area contributed by atoms with Crippen LogP contribution in [0, 0.1) is 12.7 Å². The predicted octanol–water partition coefficient (Wildman–Crippen LogP) is 3.98. The van der Waals surface area contributed by atoms with Gasteiger partial charge in [-0.1, -0.05) is 23.7 Å². The topological polar surface area (TPSA) is 51.8 Å². The highest BCUT2D eigenvalue weighted by Crippen LogP contribution is 2.26. The largest absolute Gasteiger partial charge is 0.383 e. The first-order valence-corrected chi connectivity index (χ1v) is 6.42. The normalized spacial score (nSPS) is 10.9. The second-order valence-electron chi connectivity index (χ2n) is 4.56. The highest BCUT2D eigenvalue weighted by molar-refractivity contribution is 6.31. The van der Waals surface area contributed by atoms with Crippen molar-refractivity contribution in [3.63, 3.8) is 0 Å². The summed E-state index contributed by atoms with van der Waals surface area (Å²) >= 11 is 5.95. The van der Waals surface area contributed by atoms with Gasteiger partial charge in [-0.05, 0) is 36.8 Å². The molecule has 0 fully saturated rings. The Morgan fingerprint density at radius 3 is 2.65 bits per heavy atom. The molecule has 0 aliphatic carbocycles. The summed E-state index contributed by atoms with van der Waals surface area (Å²) < 4.78 is 13.6. The molecular formula is C15H11ClFN3. The van der Waals surface area contributed by atoms with Crippen LogP contribution in [0.5, 0.6) is 0 Å². The van der Waals surface area contributed by atoms with E-state index in [1.165, 1.54) is 6.07 Å². The Labute approximate surface area is 120 Å². The standard InChI is InChI=1S/C15H11ClFN3/c1-8-2-3-9(6-12(8)17)15-19-13-7-10(16)4-5-11(13)14(18)20-15/h2-7H,1H3,(H2,18,19,20). The first-order valence-electron chi connectivity index (χ1n) is 6.04. The lowest BCUT2D eigenvalue weighted by atomic mass is 10.1. The van der Waals surface area contributed by atoms with Gasteiger partial charge in [0.1, 0.15) is 11.6 Å². The number of benzene rings is 2. The van der Waals surface area contributed by atoms with Gasteiger partial charge in [-0.15, -0.1) is 0 Å². The fraction of sp³-hybridized carbons (Fsp3) is 0.0667. The van der Waals surface area contributed by atoms with Crippen molar-refractivity contribution in [3.8, 4) is 11.4 Å². The van der Waals surface area contributed by atoms with E-state index in [4.69, 9.17) is 17.3 Å². The van der Waals surface area contributed by atoms with Crippen LogP contribution in [0.25, 0.3) is 22.3 Å². The minimum atomic E-state index is -0.295. The van der Waals surface area contributed by atoms with Crippen molar-refractivity contribution in [2.75, 3.05) is 5.73 Å².